The first-order chi connectivity index (χ1) is 12.6. The quantitative estimate of drug-likeness (QED) is 0.502. The molecule has 1 heterocycles. The van der Waals surface area contributed by atoms with Crippen molar-refractivity contribution >= 4 is 5.97 Å². The third-order valence-corrected chi connectivity index (χ3v) is 3.77. The number of nitrogens with zero attached hydrogens (tertiary/aromatic N) is 4. The third kappa shape index (κ3) is 3.61. The van der Waals surface area contributed by atoms with Crippen LogP contribution in [0.4, 0.5) is 0 Å². The molecule has 132 valence electrons. The standard InChI is InChI=1S/C19H18N4O3/c1-13-8-7-9-15(12-13)17(14(2)18(24)25-3)26-19-20-21-22-23(19)16-10-5-4-6-11-16/h4-12,17H,2H2,1,3H3. The highest BCUT2D eigenvalue weighted by atomic mass is 16.5. The molecule has 0 bridgehead atoms. The molecule has 0 radical (unpaired) electrons. The van der Waals surface area contributed by atoms with E-state index in [1.165, 1.54) is 11.8 Å². The third-order valence-electron chi connectivity index (χ3n) is 3.77. The highest BCUT2D eigenvalue weighted by Crippen LogP contribution is 2.28. The van der Waals surface area contributed by atoms with Crippen molar-refractivity contribution in [2.75, 3.05) is 7.11 Å². The van der Waals surface area contributed by atoms with Crippen LogP contribution >= 0.6 is 0 Å². The SMILES string of the molecule is C=C(C(=O)OC)C(Oc1nnnn1-c1ccccc1)c1cccc(C)c1. The predicted molar refractivity (Wildman–Crippen MR) is 94.9 cm³/mol. The predicted octanol–water partition coefficient (Wildman–Crippen LogP) is 2.82. The minimum absolute atomic E-state index is 0.146. The van der Waals surface area contributed by atoms with Crippen molar-refractivity contribution in [2.24, 2.45) is 0 Å². The largest absolute Gasteiger partial charge is 0.466 e. The Morgan fingerprint density at radius 2 is 1.92 bits per heavy atom. The number of rotatable bonds is 6. The monoisotopic (exact) mass is 350 g/mol. The number of methoxy groups -OCH3 is 1. The van der Waals surface area contributed by atoms with Gasteiger partial charge in [0.05, 0.1) is 18.4 Å². The van der Waals surface area contributed by atoms with E-state index in [1.54, 1.807) is 0 Å². The lowest BCUT2D eigenvalue weighted by Gasteiger charge is -2.20. The first-order valence-corrected chi connectivity index (χ1v) is 7.94. The highest BCUT2D eigenvalue weighted by Gasteiger charge is 2.26. The summed E-state index contributed by atoms with van der Waals surface area (Å²) in [6.45, 7) is 5.79. The average Bonchev–Trinajstić information content (AvgIpc) is 3.14. The fourth-order valence-corrected chi connectivity index (χ4v) is 2.50. The molecule has 0 N–H and O–H groups in total. The van der Waals surface area contributed by atoms with Crippen LogP contribution in [0, 0.1) is 6.92 Å². The molecule has 0 spiro atoms. The summed E-state index contributed by atoms with van der Waals surface area (Å²) in [7, 11) is 1.30. The fourth-order valence-electron chi connectivity index (χ4n) is 2.50. The molecule has 1 unspecified atom stereocenters. The molecular weight excluding hydrogens is 332 g/mol. The van der Waals surface area contributed by atoms with Crippen LogP contribution in [0.25, 0.3) is 5.69 Å². The van der Waals surface area contributed by atoms with Gasteiger partial charge < -0.3 is 9.47 Å². The lowest BCUT2D eigenvalue weighted by molar-refractivity contribution is -0.137. The molecule has 2 aromatic carbocycles. The van der Waals surface area contributed by atoms with Gasteiger partial charge in [-0.25, -0.2) is 4.79 Å². The number of carbonyl (C=O) groups is 1. The summed E-state index contributed by atoms with van der Waals surface area (Å²) in [5, 5.41) is 11.6. The number of para-hydroxylation sites is 1. The van der Waals surface area contributed by atoms with Crippen LogP contribution in [-0.2, 0) is 9.53 Å². The van der Waals surface area contributed by atoms with Crippen LogP contribution in [0.5, 0.6) is 6.01 Å². The van der Waals surface area contributed by atoms with Crippen LogP contribution in [0.3, 0.4) is 0 Å². The molecule has 0 amide bonds. The summed E-state index contributed by atoms with van der Waals surface area (Å²) < 4.78 is 12.2. The molecule has 1 atom stereocenters. The van der Waals surface area contributed by atoms with Gasteiger partial charge in [0.2, 0.25) is 0 Å². The summed E-state index contributed by atoms with van der Waals surface area (Å²) in [6, 6.07) is 17.1. The minimum Gasteiger partial charge on any atom is -0.466 e. The molecule has 3 aromatic rings. The Balaban J connectivity index is 1.98. The molecule has 7 nitrogen and oxygen atoms in total. The Kier molecular flexibility index (Phi) is 5.07. The molecule has 3 rings (SSSR count). The van der Waals surface area contributed by atoms with Crippen molar-refractivity contribution in [3.8, 4) is 11.7 Å². The summed E-state index contributed by atoms with van der Waals surface area (Å²) in [4.78, 5) is 12.0. The van der Waals surface area contributed by atoms with E-state index < -0.39 is 12.1 Å². The zero-order valence-corrected chi connectivity index (χ0v) is 14.5. The zero-order valence-electron chi connectivity index (χ0n) is 14.5. The van der Waals surface area contributed by atoms with Crippen molar-refractivity contribution in [3.63, 3.8) is 0 Å². The maximum absolute atomic E-state index is 12.0. The Labute approximate surface area is 150 Å². The van der Waals surface area contributed by atoms with Gasteiger partial charge in [-0.3, -0.25) is 0 Å². The number of tetrazole rings is 1. The molecule has 0 aliphatic heterocycles. The van der Waals surface area contributed by atoms with Crippen LogP contribution in [0.2, 0.25) is 0 Å². The molecule has 0 saturated heterocycles. The maximum Gasteiger partial charge on any atom is 0.341 e. The van der Waals surface area contributed by atoms with Crippen LogP contribution < -0.4 is 4.74 Å². The van der Waals surface area contributed by atoms with Crippen LogP contribution in [0.15, 0.2) is 66.7 Å². The smallest absolute Gasteiger partial charge is 0.341 e. The summed E-state index contributed by atoms with van der Waals surface area (Å²) in [5.41, 5.74) is 2.67. The highest BCUT2D eigenvalue weighted by molar-refractivity contribution is 5.89. The molecule has 26 heavy (non-hydrogen) atoms. The van der Waals surface area contributed by atoms with Gasteiger partial charge in [-0.05, 0) is 35.0 Å². The van der Waals surface area contributed by atoms with E-state index in [4.69, 9.17) is 9.47 Å². The van der Waals surface area contributed by atoms with Crippen molar-refractivity contribution in [2.45, 2.75) is 13.0 Å². The van der Waals surface area contributed by atoms with Crippen LogP contribution in [-0.4, -0.2) is 33.3 Å². The van der Waals surface area contributed by atoms with Crippen LogP contribution in [0.1, 0.15) is 17.2 Å². The molecule has 1 aromatic heterocycles. The Hall–Kier alpha value is -3.48. The number of carbonyl (C=O) groups excluding carboxylic acids is 1. The van der Waals surface area contributed by atoms with Crippen molar-refractivity contribution in [3.05, 3.63) is 77.9 Å². The van der Waals surface area contributed by atoms with E-state index in [0.717, 1.165) is 16.8 Å². The number of aromatic nitrogens is 4. The van der Waals surface area contributed by atoms with E-state index >= 15 is 0 Å². The number of esters is 1. The average molecular weight is 350 g/mol. The summed E-state index contributed by atoms with van der Waals surface area (Å²) in [5.74, 6) is -0.560. The number of benzene rings is 2. The molecule has 0 saturated carbocycles. The van der Waals surface area contributed by atoms with E-state index in [-0.39, 0.29) is 11.6 Å². The van der Waals surface area contributed by atoms with Crippen molar-refractivity contribution in [1.29, 1.82) is 0 Å². The number of ether oxygens (including phenoxy) is 2. The summed E-state index contributed by atoms with van der Waals surface area (Å²) >= 11 is 0. The zero-order chi connectivity index (χ0) is 18.5. The van der Waals surface area contributed by atoms with E-state index in [1.807, 2.05) is 61.5 Å². The normalized spacial score (nSPS) is 11.6. The van der Waals surface area contributed by atoms with E-state index in [2.05, 4.69) is 22.1 Å². The van der Waals surface area contributed by atoms with Gasteiger partial charge >= 0.3 is 12.0 Å². The topological polar surface area (TPSA) is 79.1 Å². The van der Waals surface area contributed by atoms with Gasteiger partial charge in [0.15, 0.2) is 6.10 Å². The van der Waals surface area contributed by atoms with Gasteiger partial charge in [0, 0.05) is 0 Å². The minimum atomic E-state index is -0.782. The lowest BCUT2D eigenvalue weighted by atomic mass is 10.0. The second-order valence-electron chi connectivity index (χ2n) is 5.64. The number of hydrogen-bond acceptors (Lipinski definition) is 6. The number of aryl methyl sites for hydroxylation is 1. The van der Waals surface area contributed by atoms with Gasteiger partial charge in [-0.2, -0.15) is 4.68 Å². The summed E-state index contributed by atoms with van der Waals surface area (Å²) in [6.07, 6.45) is -0.782. The fraction of sp³-hybridized carbons (Fsp3) is 0.158. The van der Waals surface area contributed by atoms with Gasteiger partial charge in [-0.15, -0.1) is 0 Å². The first-order valence-electron chi connectivity index (χ1n) is 7.94. The second kappa shape index (κ2) is 7.60. The molecule has 0 aliphatic carbocycles. The second-order valence-corrected chi connectivity index (χ2v) is 5.64. The lowest BCUT2D eigenvalue weighted by Crippen LogP contribution is -2.19. The molecule has 7 heteroatoms. The Morgan fingerprint density at radius 1 is 1.15 bits per heavy atom. The van der Waals surface area contributed by atoms with Crippen molar-refractivity contribution in [1.82, 2.24) is 20.2 Å². The van der Waals surface area contributed by atoms with Gasteiger partial charge in [0.25, 0.3) is 0 Å². The Morgan fingerprint density at radius 3 is 2.62 bits per heavy atom. The van der Waals surface area contributed by atoms with E-state index in [0.29, 0.717) is 0 Å². The first kappa shape index (κ1) is 17.3. The number of hydrogen-bond donors (Lipinski definition) is 0. The van der Waals surface area contributed by atoms with Gasteiger partial charge in [0.1, 0.15) is 0 Å². The molecular formula is C19H18N4O3. The molecule has 0 fully saturated rings. The van der Waals surface area contributed by atoms with E-state index in [9.17, 15) is 4.79 Å². The van der Waals surface area contributed by atoms with Gasteiger partial charge in [-0.1, -0.05) is 59.7 Å². The van der Waals surface area contributed by atoms with Crippen molar-refractivity contribution < 1.29 is 14.3 Å². The maximum atomic E-state index is 12.0. The molecule has 0 aliphatic rings. The Bertz CT molecular complexity index is 921.